The normalized spacial score (nSPS) is 36.9. The fraction of sp³-hybridized carbons (Fsp3) is 0.938. The van der Waals surface area contributed by atoms with Crippen molar-refractivity contribution in [3.8, 4) is 0 Å². The third-order valence-electron chi connectivity index (χ3n) is 6.37. The van der Waals surface area contributed by atoms with Crippen molar-refractivity contribution in [2.45, 2.75) is 54.1 Å². The molecule has 0 spiro atoms. The number of likely N-dealkylation sites (tertiary alicyclic amines) is 1. The molecule has 2 aliphatic rings. The second-order valence-corrected chi connectivity index (χ2v) is 8.14. The molecule has 0 aromatic rings. The molecular weight excluding hydrogens is 238 g/mol. The Morgan fingerprint density at radius 3 is 2.00 bits per heavy atom. The number of carbonyl (C=O) groups excluding carboxylic acids is 1. The van der Waals surface area contributed by atoms with Crippen LogP contribution >= 0.6 is 0 Å². The third kappa shape index (κ3) is 1.84. The van der Waals surface area contributed by atoms with Crippen molar-refractivity contribution in [1.82, 2.24) is 4.90 Å². The average Bonchev–Trinajstić information content (AvgIpc) is 2.52. The van der Waals surface area contributed by atoms with Gasteiger partial charge in [-0.3, -0.25) is 4.79 Å². The Morgan fingerprint density at radius 1 is 1.21 bits per heavy atom. The van der Waals surface area contributed by atoms with Gasteiger partial charge in [-0.1, -0.05) is 48.5 Å². The zero-order chi connectivity index (χ0) is 14.8. The second-order valence-electron chi connectivity index (χ2n) is 8.14. The molecule has 1 saturated carbocycles. The molecule has 3 nitrogen and oxygen atoms in total. The first-order valence-electron chi connectivity index (χ1n) is 7.47. The molecule has 110 valence electrons. The van der Waals surface area contributed by atoms with Gasteiger partial charge in [0.05, 0.1) is 5.60 Å². The van der Waals surface area contributed by atoms with Gasteiger partial charge in [-0.05, 0) is 16.7 Å². The monoisotopic (exact) mass is 267 g/mol. The van der Waals surface area contributed by atoms with Gasteiger partial charge in [0, 0.05) is 24.9 Å². The summed E-state index contributed by atoms with van der Waals surface area (Å²) < 4.78 is 0. The Kier molecular flexibility index (Phi) is 3.10. The van der Waals surface area contributed by atoms with Gasteiger partial charge in [-0.15, -0.1) is 0 Å². The van der Waals surface area contributed by atoms with Crippen molar-refractivity contribution < 1.29 is 9.90 Å². The fourth-order valence-electron chi connectivity index (χ4n) is 3.93. The number of hydrogen-bond donors (Lipinski definition) is 1. The summed E-state index contributed by atoms with van der Waals surface area (Å²) in [5.41, 5.74) is -0.573. The standard InChI is InChI=1S/C16H29NO2/c1-10(2)16(19)9-17(8-11(16)3)13(18)12-14(4,5)15(12,6)7/h10-12,19H,8-9H2,1-7H3/t11-,16-/m1/s1. The molecule has 0 aromatic heterocycles. The van der Waals surface area contributed by atoms with E-state index in [2.05, 4.69) is 34.6 Å². The summed E-state index contributed by atoms with van der Waals surface area (Å²) in [5.74, 6) is 0.669. The molecule has 0 unspecified atom stereocenters. The maximum absolute atomic E-state index is 12.7. The zero-order valence-electron chi connectivity index (χ0n) is 13.4. The van der Waals surface area contributed by atoms with Crippen molar-refractivity contribution in [2.24, 2.45) is 28.6 Å². The van der Waals surface area contributed by atoms with E-state index in [1.165, 1.54) is 0 Å². The van der Waals surface area contributed by atoms with Crippen LogP contribution in [0.2, 0.25) is 0 Å². The molecule has 1 aliphatic heterocycles. The summed E-state index contributed by atoms with van der Waals surface area (Å²) in [6, 6.07) is 0. The molecule has 1 saturated heterocycles. The number of hydrogen-bond acceptors (Lipinski definition) is 2. The van der Waals surface area contributed by atoms with E-state index in [9.17, 15) is 9.90 Å². The number of carbonyl (C=O) groups is 1. The minimum absolute atomic E-state index is 0.0753. The van der Waals surface area contributed by atoms with Crippen LogP contribution in [0, 0.1) is 28.6 Å². The summed E-state index contributed by atoms with van der Waals surface area (Å²) in [6.45, 7) is 16.0. The summed E-state index contributed by atoms with van der Waals surface area (Å²) in [7, 11) is 0. The molecule has 0 radical (unpaired) electrons. The molecule has 3 heteroatoms. The summed E-state index contributed by atoms with van der Waals surface area (Å²) in [5, 5.41) is 10.7. The highest BCUT2D eigenvalue weighted by Gasteiger charge is 2.69. The summed E-state index contributed by atoms with van der Waals surface area (Å²) >= 11 is 0. The van der Waals surface area contributed by atoms with Gasteiger partial charge < -0.3 is 10.0 Å². The van der Waals surface area contributed by atoms with Crippen LogP contribution in [0.15, 0.2) is 0 Å². The third-order valence-corrected chi connectivity index (χ3v) is 6.37. The van der Waals surface area contributed by atoms with Gasteiger partial charge in [0.25, 0.3) is 0 Å². The van der Waals surface area contributed by atoms with Crippen molar-refractivity contribution in [1.29, 1.82) is 0 Å². The number of rotatable bonds is 2. The van der Waals surface area contributed by atoms with E-state index in [-0.39, 0.29) is 34.5 Å². The maximum atomic E-state index is 12.7. The molecule has 1 aliphatic carbocycles. The molecule has 0 aromatic carbocycles. The molecule has 2 rings (SSSR count). The van der Waals surface area contributed by atoms with E-state index in [1.807, 2.05) is 18.7 Å². The summed E-state index contributed by atoms with van der Waals surface area (Å²) in [6.07, 6.45) is 0. The second kappa shape index (κ2) is 3.97. The highest BCUT2D eigenvalue weighted by atomic mass is 16.3. The highest BCUT2D eigenvalue weighted by Crippen LogP contribution is 2.69. The predicted molar refractivity (Wildman–Crippen MR) is 76.6 cm³/mol. The van der Waals surface area contributed by atoms with Crippen LogP contribution in [0.4, 0.5) is 0 Å². The lowest BCUT2D eigenvalue weighted by atomic mass is 9.82. The molecule has 1 heterocycles. The number of nitrogens with zero attached hydrogens (tertiary/aromatic N) is 1. The van der Waals surface area contributed by atoms with Gasteiger partial charge >= 0.3 is 0 Å². The van der Waals surface area contributed by atoms with E-state index >= 15 is 0 Å². The first kappa shape index (κ1) is 14.8. The number of β-amino-alcohol motifs (C(OH)–C–C–N with tert-alkyl or cyclic N) is 1. The minimum atomic E-state index is -0.723. The molecule has 2 fully saturated rings. The minimum Gasteiger partial charge on any atom is -0.387 e. The van der Waals surface area contributed by atoms with Gasteiger partial charge in [-0.25, -0.2) is 0 Å². The predicted octanol–water partition coefficient (Wildman–Crippen LogP) is 2.53. The first-order valence-corrected chi connectivity index (χ1v) is 7.47. The van der Waals surface area contributed by atoms with Crippen LogP contribution in [-0.4, -0.2) is 34.6 Å². The van der Waals surface area contributed by atoms with Gasteiger partial charge in [0.1, 0.15) is 0 Å². The van der Waals surface area contributed by atoms with E-state index < -0.39 is 5.60 Å². The maximum Gasteiger partial charge on any atom is 0.226 e. The topological polar surface area (TPSA) is 40.5 Å². The van der Waals surface area contributed by atoms with E-state index in [0.29, 0.717) is 13.1 Å². The Morgan fingerprint density at radius 2 is 1.68 bits per heavy atom. The molecule has 1 amide bonds. The lowest BCUT2D eigenvalue weighted by Gasteiger charge is -2.31. The van der Waals surface area contributed by atoms with Crippen LogP contribution in [0.3, 0.4) is 0 Å². The lowest BCUT2D eigenvalue weighted by Crippen LogP contribution is -2.43. The quantitative estimate of drug-likeness (QED) is 0.835. The molecule has 2 atom stereocenters. The average molecular weight is 267 g/mol. The number of aliphatic hydroxyl groups is 1. The van der Waals surface area contributed by atoms with Crippen LogP contribution in [0.25, 0.3) is 0 Å². The molecule has 1 N–H and O–H groups in total. The Labute approximate surface area is 117 Å². The fourth-order valence-corrected chi connectivity index (χ4v) is 3.93. The Balaban J connectivity index is 2.13. The van der Waals surface area contributed by atoms with Gasteiger partial charge in [0.15, 0.2) is 0 Å². The van der Waals surface area contributed by atoms with Crippen LogP contribution in [0.5, 0.6) is 0 Å². The van der Waals surface area contributed by atoms with E-state index in [0.717, 1.165) is 0 Å². The van der Waals surface area contributed by atoms with Crippen LogP contribution in [0.1, 0.15) is 48.5 Å². The van der Waals surface area contributed by atoms with E-state index in [1.54, 1.807) is 0 Å². The van der Waals surface area contributed by atoms with Gasteiger partial charge in [-0.2, -0.15) is 0 Å². The smallest absolute Gasteiger partial charge is 0.226 e. The summed E-state index contributed by atoms with van der Waals surface area (Å²) in [4.78, 5) is 14.6. The van der Waals surface area contributed by atoms with E-state index in [4.69, 9.17) is 0 Å². The van der Waals surface area contributed by atoms with Crippen molar-refractivity contribution >= 4 is 5.91 Å². The Bertz CT molecular complexity index is 386. The van der Waals surface area contributed by atoms with Crippen LogP contribution < -0.4 is 0 Å². The Hall–Kier alpha value is -0.570. The molecular formula is C16H29NO2. The first-order chi connectivity index (χ1) is 8.46. The highest BCUT2D eigenvalue weighted by molar-refractivity contribution is 5.84. The van der Waals surface area contributed by atoms with Gasteiger partial charge in [0.2, 0.25) is 5.91 Å². The van der Waals surface area contributed by atoms with Crippen molar-refractivity contribution in [2.75, 3.05) is 13.1 Å². The van der Waals surface area contributed by atoms with Crippen molar-refractivity contribution in [3.63, 3.8) is 0 Å². The molecule has 19 heavy (non-hydrogen) atoms. The zero-order valence-corrected chi connectivity index (χ0v) is 13.4. The number of amides is 1. The van der Waals surface area contributed by atoms with Crippen molar-refractivity contribution in [3.05, 3.63) is 0 Å². The molecule has 0 bridgehead atoms. The SMILES string of the molecule is CC(C)[C@]1(O)CN(C(=O)C2C(C)(C)C2(C)C)C[C@H]1C. The lowest BCUT2D eigenvalue weighted by molar-refractivity contribution is -0.134. The van der Waals surface area contributed by atoms with Crippen LogP contribution in [-0.2, 0) is 4.79 Å². The largest absolute Gasteiger partial charge is 0.387 e.